The van der Waals surface area contributed by atoms with Crippen molar-refractivity contribution in [2.45, 2.75) is 26.8 Å². The van der Waals surface area contributed by atoms with Crippen LogP contribution in [-0.2, 0) is 0 Å². The maximum absolute atomic E-state index is 13.2. The molecule has 0 unspecified atom stereocenters. The number of nitrogens with zero attached hydrogens (tertiary/aromatic N) is 2. The third kappa shape index (κ3) is 3.94. The van der Waals surface area contributed by atoms with E-state index in [2.05, 4.69) is 15.3 Å². The van der Waals surface area contributed by atoms with E-state index in [1.807, 2.05) is 32.0 Å². The maximum atomic E-state index is 13.2. The fourth-order valence-corrected chi connectivity index (χ4v) is 3.83. The van der Waals surface area contributed by atoms with Gasteiger partial charge in [0.1, 0.15) is 16.4 Å². The lowest BCUT2D eigenvalue weighted by atomic mass is 9.99. The number of benzene rings is 1. The largest absolute Gasteiger partial charge is 0.454 e. The van der Waals surface area contributed by atoms with Gasteiger partial charge < -0.3 is 15.5 Å². The average molecular weight is 449 g/mol. The van der Waals surface area contributed by atoms with E-state index < -0.39 is 5.91 Å². The molecular weight excluding hydrogens is 428 g/mol. The average Bonchev–Trinajstić information content (AvgIpc) is 2.77. The summed E-state index contributed by atoms with van der Waals surface area (Å²) in [5.41, 5.74) is 9.00. The molecule has 0 fully saturated rings. The summed E-state index contributed by atoms with van der Waals surface area (Å²) in [5, 5.41) is 3.90. The number of pyridine rings is 2. The summed E-state index contributed by atoms with van der Waals surface area (Å²) in [7, 11) is 0. The van der Waals surface area contributed by atoms with Gasteiger partial charge in [0.2, 0.25) is 0 Å². The first-order valence-corrected chi connectivity index (χ1v) is 10.4. The molecule has 0 aliphatic rings. The van der Waals surface area contributed by atoms with Crippen molar-refractivity contribution >= 4 is 34.2 Å². The van der Waals surface area contributed by atoms with Crippen molar-refractivity contribution in [2.75, 3.05) is 5.32 Å². The molecule has 1 atom stereocenters. The molecule has 3 N–H and O–H groups in total. The van der Waals surface area contributed by atoms with E-state index in [-0.39, 0.29) is 22.3 Å². The molecular formula is C24H21ClN4O3. The normalized spacial score (nSPS) is 12.0. The second-order valence-electron chi connectivity index (χ2n) is 7.59. The fraction of sp³-hybridized carbons (Fsp3) is 0.167. The molecule has 0 spiro atoms. The maximum Gasteiger partial charge on any atom is 0.269 e. The van der Waals surface area contributed by atoms with Crippen molar-refractivity contribution in [2.24, 2.45) is 5.73 Å². The summed E-state index contributed by atoms with van der Waals surface area (Å²) in [6.45, 7) is 5.54. The number of hydrogen-bond donors (Lipinski definition) is 2. The van der Waals surface area contributed by atoms with E-state index in [9.17, 15) is 9.59 Å². The first-order chi connectivity index (χ1) is 15.3. The van der Waals surface area contributed by atoms with Gasteiger partial charge in [-0.15, -0.1) is 0 Å². The molecule has 3 heterocycles. The Kier molecular flexibility index (Phi) is 5.67. The number of nitrogens with two attached hydrogens (primary N) is 1. The molecule has 0 saturated heterocycles. The van der Waals surface area contributed by atoms with Gasteiger partial charge in [-0.25, -0.2) is 4.98 Å². The van der Waals surface area contributed by atoms with Gasteiger partial charge in [-0.1, -0.05) is 23.7 Å². The highest BCUT2D eigenvalue weighted by Crippen LogP contribution is 2.32. The van der Waals surface area contributed by atoms with Gasteiger partial charge in [0, 0.05) is 17.3 Å². The van der Waals surface area contributed by atoms with Gasteiger partial charge in [-0.05, 0) is 56.7 Å². The van der Waals surface area contributed by atoms with Crippen LogP contribution in [0.1, 0.15) is 40.1 Å². The van der Waals surface area contributed by atoms with Gasteiger partial charge in [-0.2, -0.15) is 0 Å². The predicted octanol–water partition coefficient (Wildman–Crippen LogP) is 4.79. The molecule has 0 aliphatic carbocycles. The van der Waals surface area contributed by atoms with Crippen LogP contribution in [0, 0.1) is 13.8 Å². The molecule has 0 radical (unpaired) electrons. The first-order valence-electron chi connectivity index (χ1n) is 9.98. The Morgan fingerprint density at radius 3 is 2.66 bits per heavy atom. The van der Waals surface area contributed by atoms with Crippen molar-refractivity contribution in [1.29, 1.82) is 0 Å². The Hall–Kier alpha value is -3.71. The first kappa shape index (κ1) is 21.5. The molecule has 3 aromatic heterocycles. The fourth-order valence-electron chi connectivity index (χ4n) is 3.68. The van der Waals surface area contributed by atoms with Crippen molar-refractivity contribution in [3.8, 4) is 11.5 Å². The highest BCUT2D eigenvalue weighted by Gasteiger charge is 2.21. The zero-order valence-corrected chi connectivity index (χ0v) is 18.5. The van der Waals surface area contributed by atoms with Crippen LogP contribution < -0.4 is 16.5 Å². The Balaban J connectivity index is 1.88. The molecule has 0 bridgehead atoms. The van der Waals surface area contributed by atoms with Crippen LogP contribution in [0.4, 0.5) is 5.69 Å². The predicted molar refractivity (Wildman–Crippen MR) is 125 cm³/mol. The molecule has 1 aromatic carbocycles. The lowest BCUT2D eigenvalue weighted by Crippen LogP contribution is -2.18. The molecule has 4 rings (SSSR count). The van der Waals surface area contributed by atoms with Gasteiger partial charge in [-0.3, -0.25) is 14.6 Å². The molecule has 0 saturated carbocycles. The quantitative estimate of drug-likeness (QED) is 0.424. The molecule has 0 aliphatic heterocycles. The third-order valence-corrected chi connectivity index (χ3v) is 5.43. The summed E-state index contributed by atoms with van der Waals surface area (Å²) in [4.78, 5) is 33.4. The van der Waals surface area contributed by atoms with Gasteiger partial charge in [0.25, 0.3) is 5.91 Å². The number of aryl methyl sites for hydroxylation is 1. The monoisotopic (exact) mass is 448 g/mol. The summed E-state index contributed by atoms with van der Waals surface area (Å²) in [6.07, 6.45) is 1.65. The van der Waals surface area contributed by atoms with Crippen LogP contribution >= 0.6 is 11.6 Å². The Bertz CT molecular complexity index is 1400. The lowest BCUT2D eigenvalue weighted by molar-refractivity contribution is 0.0996. The van der Waals surface area contributed by atoms with Crippen molar-refractivity contribution in [3.05, 3.63) is 86.4 Å². The molecule has 32 heavy (non-hydrogen) atoms. The minimum atomic E-state index is -0.698. The van der Waals surface area contributed by atoms with E-state index in [0.29, 0.717) is 33.7 Å². The van der Waals surface area contributed by atoms with E-state index in [1.165, 1.54) is 0 Å². The topological polar surface area (TPSA) is 111 Å². The number of halogens is 1. The van der Waals surface area contributed by atoms with Gasteiger partial charge in [0.05, 0.1) is 17.1 Å². The third-order valence-electron chi connectivity index (χ3n) is 5.22. The number of hydrogen-bond acceptors (Lipinski definition) is 6. The summed E-state index contributed by atoms with van der Waals surface area (Å²) < 4.78 is 6.27. The van der Waals surface area contributed by atoms with Crippen LogP contribution in [0.3, 0.4) is 0 Å². The van der Waals surface area contributed by atoms with Crippen LogP contribution in [0.2, 0.25) is 5.15 Å². The van der Waals surface area contributed by atoms with Gasteiger partial charge >= 0.3 is 0 Å². The SMILES string of the molecule is Cc1cc([C@@H](C)Nc2ccc(Cl)nc2C(N)=O)c2oc(-c3ccccn3)c(C)c(=O)c2c1. The second-order valence-corrected chi connectivity index (χ2v) is 7.98. The molecule has 162 valence electrons. The second kappa shape index (κ2) is 8.43. The molecule has 8 heteroatoms. The molecule has 7 nitrogen and oxygen atoms in total. The number of nitrogens with one attached hydrogen (secondary N) is 1. The highest BCUT2D eigenvalue weighted by molar-refractivity contribution is 6.29. The number of amides is 1. The number of carbonyl (C=O) groups is 1. The van der Waals surface area contributed by atoms with Crippen molar-refractivity contribution in [3.63, 3.8) is 0 Å². The minimum absolute atomic E-state index is 0.0350. The lowest BCUT2D eigenvalue weighted by Gasteiger charge is -2.19. The van der Waals surface area contributed by atoms with Crippen molar-refractivity contribution < 1.29 is 9.21 Å². The summed E-state index contributed by atoms with van der Waals surface area (Å²) >= 11 is 5.92. The smallest absolute Gasteiger partial charge is 0.269 e. The van der Waals surface area contributed by atoms with Crippen LogP contribution in [-0.4, -0.2) is 15.9 Å². The number of aromatic nitrogens is 2. The van der Waals surface area contributed by atoms with Gasteiger partial charge in [0.15, 0.2) is 16.9 Å². The van der Waals surface area contributed by atoms with Crippen molar-refractivity contribution in [1.82, 2.24) is 9.97 Å². The minimum Gasteiger partial charge on any atom is -0.454 e. The number of anilines is 1. The number of carbonyl (C=O) groups excluding carboxylic acids is 1. The molecule has 4 aromatic rings. The highest BCUT2D eigenvalue weighted by atomic mass is 35.5. The number of primary amides is 1. The molecule has 1 amide bonds. The number of fused-ring (bicyclic) bond motifs is 1. The standard InChI is InChI=1S/C24H21ClN4O3/c1-12-10-15(14(3)28-17-7-8-19(25)29-20(17)24(26)31)23-16(11-12)21(30)13(2)22(32-23)18-6-4-5-9-27-18/h4-11,14,28H,1-3H3,(H2,26,31)/t14-/m1/s1. The van der Waals surface area contributed by atoms with E-state index >= 15 is 0 Å². The Morgan fingerprint density at radius 2 is 1.97 bits per heavy atom. The Morgan fingerprint density at radius 1 is 1.19 bits per heavy atom. The number of rotatable bonds is 5. The van der Waals surface area contributed by atoms with Crippen LogP contribution in [0.15, 0.2) is 57.9 Å². The Labute approximate surface area is 189 Å². The van der Waals surface area contributed by atoms with Crippen LogP contribution in [0.5, 0.6) is 0 Å². The zero-order valence-electron chi connectivity index (χ0n) is 17.8. The van der Waals surface area contributed by atoms with E-state index in [1.54, 1.807) is 37.4 Å². The zero-order chi connectivity index (χ0) is 23.0. The van der Waals surface area contributed by atoms with Crippen LogP contribution in [0.25, 0.3) is 22.4 Å². The summed E-state index contributed by atoms with van der Waals surface area (Å²) in [6, 6.07) is 12.1. The van der Waals surface area contributed by atoms with E-state index in [0.717, 1.165) is 11.1 Å². The summed E-state index contributed by atoms with van der Waals surface area (Å²) in [5.74, 6) is -0.276. The van der Waals surface area contributed by atoms with E-state index in [4.69, 9.17) is 21.8 Å².